The molecule has 2 N–H and O–H groups in total. The molecule has 4 aromatic rings. The summed E-state index contributed by atoms with van der Waals surface area (Å²) < 4.78 is 0. The number of carbonyl (C=O) groups is 2. The van der Waals surface area contributed by atoms with Crippen LogP contribution in [0.25, 0.3) is 36.5 Å². The third-order valence-electron chi connectivity index (χ3n) is 8.24. The van der Waals surface area contributed by atoms with Gasteiger partial charge in [0.1, 0.15) is 0 Å². The Morgan fingerprint density at radius 2 is 1.16 bits per heavy atom. The average Bonchev–Trinajstić information content (AvgIpc) is 3.61. The Hall–Kier alpha value is -3.85. The first-order valence-corrected chi connectivity index (χ1v) is 14.9. The number of hydrogen-bond donors (Lipinski definition) is 3. The second-order valence-electron chi connectivity index (χ2n) is 10.9. The normalized spacial score (nSPS) is 16.1. The predicted molar refractivity (Wildman–Crippen MR) is 170 cm³/mol. The molecule has 44 heavy (non-hydrogen) atoms. The zero-order chi connectivity index (χ0) is 31.0. The smallest absolute Gasteiger partial charge is 0.657 e. The summed E-state index contributed by atoms with van der Waals surface area (Å²) in [4.78, 5) is 43.0. The van der Waals surface area contributed by atoms with Crippen LogP contribution < -0.4 is 51.8 Å². The second-order valence-corrected chi connectivity index (χ2v) is 11.2. The monoisotopic (exact) mass is 650 g/mol. The summed E-state index contributed by atoms with van der Waals surface area (Å²) in [6.45, 7) is 9.96. The topological polar surface area (TPSA) is 131 Å². The van der Waals surface area contributed by atoms with Crippen LogP contribution in [0.3, 0.4) is 0 Å². The molecule has 0 amide bonds. The van der Waals surface area contributed by atoms with Gasteiger partial charge >= 0.3 is 29.0 Å². The molecule has 10 heteroatoms. The number of rotatable bonds is 7. The maximum Gasteiger partial charge on any atom is 4.00 e. The standard InChI is InChI=1S/C34H34N4O4S.Fe/c1-6-21-17(2)25-13-26-18(3)22(7-9-33(39)40)31(36-26)16-32-23(8-10-34(41)42)19(4)28(38-32)15-30-24(11-12-43)20(5)27(37-30)14-29(21)35-25;/h6,11,13-16,43H,7-10,12H2,1-5H3,(H,39,40)(H,41,42);/q-4;+4/b21-6-,24-11+,26-13-,29-14-,30-15-,31-16-;. The molecule has 8 nitrogen and oxygen atoms in total. The van der Waals surface area contributed by atoms with Gasteiger partial charge in [0.25, 0.3) is 0 Å². The first-order valence-electron chi connectivity index (χ1n) is 14.2. The van der Waals surface area contributed by atoms with Crippen LogP contribution in [-0.4, -0.2) is 27.9 Å². The van der Waals surface area contributed by atoms with E-state index in [9.17, 15) is 19.8 Å². The van der Waals surface area contributed by atoms with Crippen molar-refractivity contribution in [2.24, 2.45) is 0 Å². The van der Waals surface area contributed by atoms with E-state index in [0.717, 1.165) is 65.9 Å². The Morgan fingerprint density at radius 1 is 0.659 bits per heavy atom. The molecule has 5 rings (SSSR count). The zero-order valence-corrected chi connectivity index (χ0v) is 27.3. The molecule has 1 aliphatic rings. The van der Waals surface area contributed by atoms with E-state index >= 15 is 0 Å². The molecule has 8 bridgehead atoms. The van der Waals surface area contributed by atoms with Gasteiger partial charge in [-0.3, -0.25) is 9.59 Å². The number of nitrogens with zero attached hydrogens (tertiary/aromatic N) is 4. The van der Waals surface area contributed by atoms with Crippen molar-refractivity contribution >= 4 is 61.0 Å². The van der Waals surface area contributed by atoms with E-state index in [1.807, 2.05) is 71.1 Å². The van der Waals surface area contributed by atoms with Gasteiger partial charge in [-0.05, 0) is 57.9 Å². The molecule has 4 aromatic heterocycles. The summed E-state index contributed by atoms with van der Waals surface area (Å²) in [5, 5.41) is 23.8. The zero-order valence-electron chi connectivity index (χ0n) is 25.3. The summed E-state index contributed by atoms with van der Waals surface area (Å²) >= 11 is 4.45. The molecule has 0 unspecified atom stereocenters. The van der Waals surface area contributed by atoms with Crippen molar-refractivity contribution < 1.29 is 36.9 Å². The van der Waals surface area contributed by atoms with Crippen LogP contribution in [-0.2, 0) is 39.5 Å². The molecule has 0 saturated carbocycles. The summed E-state index contributed by atoms with van der Waals surface area (Å²) in [5.41, 5.74) is 8.37. The van der Waals surface area contributed by atoms with Crippen LogP contribution in [0.4, 0.5) is 0 Å². The first kappa shape index (κ1) is 33.1. The van der Waals surface area contributed by atoms with Crippen LogP contribution in [0.1, 0.15) is 75.9 Å². The SMILES string of the molecule is C/C=c1/c(C)c2[n-]/c1=C\c1[n-]c(/c(=C/CS)c1C)=C\c1[n-]c(c(CCC(=O)O)c1C)/C=c1\[n-]/c(c(C)c1CCC(=O)O)=C\2.[Fe+4]. The molecule has 0 saturated heterocycles. The summed E-state index contributed by atoms with van der Waals surface area (Å²) in [6, 6.07) is 0. The fourth-order valence-electron chi connectivity index (χ4n) is 5.81. The number of aromatic nitrogens is 4. The van der Waals surface area contributed by atoms with Crippen LogP contribution in [0.2, 0.25) is 0 Å². The van der Waals surface area contributed by atoms with Crippen LogP contribution >= 0.6 is 12.6 Å². The van der Waals surface area contributed by atoms with Crippen molar-refractivity contribution in [3.63, 3.8) is 0 Å². The van der Waals surface area contributed by atoms with E-state index in [-0.39, 0.29) is 29.9 Å². The van der Waals surface area contributed by atoms with E-state index in [0.29, 0.717) is 40.7 Å². The van der Waals surface area contributed by atoms with Gasteiger partial charge in [0.15, 0.2) is 0 Å². The van der Waals surface area contributed by atoms with Crippen molar-refractivity contribution in [3.8, 4) is 0 Å². The summed E-state index contributed by atoms with van der Waals surface area (Å²) in [6.07, 6.45) is 12.4. The minimum atomic E-state index is -0.892. The van der Waals surface area contributed by atoms with E-state index < -0.39 is 11.9 Å². The number of fused-ring (bicyclic) bond motifs is 8. The van der Waals surface area contributed by atoms with Crippen molar-refractivity contribution in [1.82, 2.24) is 19.9 Å². The van der Waals surface area contributed by atoms with Gasteiger partial charge in [0.2, 0.25) is 0 Å². The van der Waals surface area contributed by atoms with Gasteiger partial charge in [0, 0.05) is 18.6 Å². The van der Waals surface area contributed by atoms with Gasteiger partial charge in [-0.1, -0.05) is 69.8 Å². The Bertz CT molecular complexity index is 2140. The Morgan fingerprint density at radius 3 is 1.73 bits per heavy atom. The van der Waals surface area contributed by atoms with E-state index in [1.165, 1.54) is 0 Å². The number of thiol groups is 1. The summed E-state index contributed by atoms with van der Waals surface area (Å²) in [7, 11) is 0. The van der Waals surface area contributed by atoms with E-state index in [2.05, 4.69) is 12.6 Å². The molecule has 0 fully saturated rings. The van der Waals surface area contributed by atoms with Gasteiger partial charge < -0.3 is 30.1 Å². The fraction of sp³-hybridized carbons (Fsp3) is 0.294. The van der Waals surface area contributed by atoms with Crippen LogP contribution in [0, 0.1) is 27.7 Å². The maximum absolute atomic E-state index is 11.5. The van der Waals surface area contributed by atoms with Gasteiger partial charge in [0.05, 0.1) is 0 Å². The number of carboxylic acids is 2. The number of hydrogen-bond acceptors (Lipinski definition) is 3. The molecule has 0 atom stereocenters. The molecular formula is C34H34FeN4O4S. The maximum atomic E-state index is 11.5. The summed E-state index contributed by atoms with van der Waals surface area (Å²) in [5.74, 6) is -1.25. The van der Waals surface area contributed by atoms with Gasteiger partial charge in [-0.15, -0.1) is 44.2 Å². The molecule has 0 aliphatic carbocycles. The van der Waals surface area contributed by atoms with E-state index in [4.69, 9.17) is 19.9 Å². The molecule has 0 aromatic carbocycles. The Labute approximate surface area is 271 Å². The first-order chi connectivity index (χ1) is 20.5. The third-order valence-corrected chi connectivity index (χ3v) is 8.42. The molecule has 1 aliphatic heterocycles. The molecule has 0 spiro atoms. The Balaban J connectivity index is 0.00000442. The van der Waals surface area contributed by atoms with Crippen molar-refractivity contribution in [2.45, 2.75) is 60.3 Å². The quantitative estimate of drug-likeness (QED) is 0.165. The average molecular weight is 651 g/mol. The molecule has 228 valence electrons. The van der Waals surface area contributed by atoms with Crippen molar-refractivity contribution in [3.05, 3.63) is 88.0 Å². The van der Waals surface area contributed by atoms with Gasteiger partial charge in [-0.2, -0.15) is 12.6 Å². The van der Waals surface area contributed by atoms with Crippen molar-refractivity contribution in [1.29, 1.82) is 0 Å². The second kappa shape index (κ2) is 13.4. The largest absolute Gasteiger partial charge is 4.00 e. The minimum Gasteiger partial charge on any atom is -0.657 e. The van der Waals surface area contributed by atoms with E-state index in [1.54, 1.807) is 0 Å². The molecular weight excluding hydrogens is 616 g/mol. The van der Waals surface area contributed by atoms with Crippen LogP contribution in [0.15, 0.2) is 0 Å². The fourth-order valence-corrected chi connectivity index (χ4v) is 5.99. The minimum absolute atomic E-state index is 0. The third kappa shape index (κ3) is 6.34. The number of carboxylic acid groups (broad SMARTS) is 2. The number of aliphatic carboxylic acids is 2. The van der Waals surface area contributed by atoms with Crippen LogP contribution in [0.5, 0.6) is 0 Å². The molecule has 0 radical (unpaired) electrons. The van der Waals surface area contributed by atoms with Crippen molar-refractivity contribution in [2.75, 3.05) is 5.75 Å². The Kier molecular flexibility index (Phi) is 10.1. The molecule has 5 heterocycles. The predicted octanol–water partition coefficient (Wildman–Crippen LogP) is -0.0797. The van der Waals surface area contributed by atoms with Gasteiger partial charge in [-0.25, -0.2) is 0 Å².